The molecule has 0 aliphatic carbocycles. The molecule has 0 aliphatic rings. The average molecular weight is 316 g/mol. The van der Waals surface area contributed by atoms with Gasteiger partial charge in [-0.25, -0.2) is 0 Å². The van der Waals surface area contributed by atoms with Crippen molar-refractivity contribution in [2.45, 2.75) is 39.8 Å². The summed E-state index contributed by atoms with van der Waals surface area (Å²) >= 11 is 3.41. The maximum atomic E-state index is 12.1. The summed E-state index contributed by atoms with van der Waals surface area (Å²) in [5.74, 6) is -0.0286. The van der Waals surface area contributed by atoms with E-state index in [1.54, 1.807) is 0 Å². The van der Waals surface area contributed by atoms with E-state index in [4.69, 9.17) is 0 Å². The van der Waals surface area contributed by atoms with Gasteiger partial charge < -0.3 is 15.2 Å². The summed E-state index contributed by atoms with van der Waals surface area (Å²) in [4.78, 5) is 12.1. The van der Waals surface area contributed by atoms with Crippen molar-refractivity contribution in [2.75, 3.05) is 13.1 Å². The second-order valence-corrected chi connectivity index (χ2v) is 5.63. The number of hydrogen-bond acceptors (Lipinski definition) is 2. The van der Waals surface area contributed by atoms with E-state index < -0.39 is 0 Å². The van der Waals surface area contributed by atoms with Gasteiger partial charge in [0.25, 0.3) is 5.91 Å². The number of nitrogens with one attached hydrogen (secondary N) is 2. The normalized spacial score (nSPS) is 12.8. The monoisotopic (exact) mass is 315 g/mol. The van der Waals surface area contributed by atoms with Crippen molar-refractivity contribution in [1.82, 2.24) is 15.2 Å². The van der Waals surface area contributed by atoms with E-state index in [0.717, 1.165) is 11.0 Å². The molecule has 1 rings (SSSR count). The van der Waals surface area contributed by atoms with Gasteiger partial charge in [-0.1, -0.05) is 6.92 Å². The Morgan fingerprint density at radius 2 is 2.11 bits per heavy atom. The number of likely N-dealkylation sites (N-methyl/N-ethyl adjacent to an activating group) is 1. The highest BCUT2D eigenvalue weighted by Crippen LogP contribution is 2.19. The van der Waals surface area contributed by atoms with Crippen molar-refractivity contribution in [3.05, 3.63) is 22.4 Å². The zero-order valence-corrected chi connectivity index (χ0v) is 13.0. The molecule has 0 aliphatic heterocycles. The molecule has 0 bridgehead atoms. The summed E-state index contributed by atoms with van der Waals surface area (Å²) in [7, 11) is 0. The second kappa shape index (κ2) is 6.95. The van der Waals surface area contributed by atoms with Gasteiger partial charge in [0.15, 0.2) is 0 Å². The van der Waals surface area contributed by atoms with E-state index in [9.17, 15) is 4.79 Å². The van der Waals surface area contributed by atoms with Crippen molar-refractivity contribution in [3.8, 4) is 0 Å². The lowest BCUT2D eigenvalue weighted by atomic mass is 10.3. The minimum absolute atomic E-state index is 0.0286. The van der Waals surface area contributed by atoms with Gasteiger partial charge in [-0.3, -0.25) is 4.79 Å². The molecule has 1 atom stereocenters. The van der Waals surface area contributed by atoms with Crippen molar-refractivity contribution in [1.29, 1.82) is 0 Å². The van der Waals surface area contributed by atoms with E-state index in [-0.39, 0.29) is 18.0 Å². The lowest BCUT2D eigenvalue weighted by Crippen LogP contribution is -2.39. The van der Waals surface area contributed by atoms with Crippen LogP contribution in [0, 0.1) is 0 Å². The Hall–Kier alpha value is -0.810. The van der Waals surface area contributed by atoms with Crippen molar-refractivity contribution >= 4 is 21.8 Å². The molecular weight excluding hydrogens is 294 g/mol. The SMILES string of the molecule is CCN[C@H](C)CNC(=O)c1cc(Br)cn1C(C)C. The first kappa shape index (κ1) is 15.2. The Bertz CT molecular complexity index is 401. The van der Waals surface area contributed by atoms with Crippen LogP contribution in [0.25, 0.3) is 0 Å². The Labute approximate surface area is 117 Å². The van der Waals surface area contributed by atoms with Crippen LogP contribution in [0.15, 0.2) is 16.7 Å². The summed E-state index contributed by atoms with van der Waals surface area (Å²) < 4.78 is 2.90. The predicted molar refractivity (Wildman–Crippen MR) is 78.0 cm³/mol. The third kappa shape index (κ3) is 4.14. The smallest absolute Gasteiger partial charge is 0.268 e. The van der Waals surface area contributed by atoms with Crippen LogP contribution in [-0.2, 0) is 0 Å². The third-order valence-electron chi connectivity index (χ3n) is 2.73. The first-order valence-corrected chi connectivity index (χ1v) is 7.14. The van der Waals surface area contributed by atoms with Crippen LogP contribution in [0.3, 0.4) is 0 Å². The Morgan fingerprint density at radius 1 is 1.44 bits per heavy atom. The molecule has 4 nitrogen and oxygen atoms in total. The van der Waals surface area contributed by atoms with E-state index >= 15 is 0 Å². The highest BCUT2D eigenvalue weighted by Gasteiger charge is 2.15. The number of hydrogen-bond donors (Lipinski definition) is 2. The standard InChI is InChI=1S/C13H22BrN3O/c1-5-15-10(4)7-16-13(18)12-6-11(14)8-17(12)9(2)3/h6,8-10,15H,5,7H2,1-4H3,(H,16,18)/t10-/m1/s1. The van der Waals surface area contributed by atoms with Gasteiger partial charge >= 0.3 is 0 Å². The molecule has 5 heteroatoms. The number of carbonyl (C=O) groups is 1. The van der Waals surface area contributed by atoms with E-state index in [1.165, 1.54) is 0 Å². The first-order chi connectivity index (χ1) is 8.45. The molecule has 1 aromatic rings. The molecular formula is C13H22BrN3O. The summed E-state index contributed by atoms with van der Waals surface area (Å²) in [5.41, 5.74) is 0.695. The second-order valence-electron chi connectivity index (χ2n) is 4.71. The van der Waals surface area contributed by atoms with E-state index in [0.29, 0.717) is 12.2 Å². The average Bonchev–Trinajstić information content (AvgIpc) is 2.69. The highest BCUT2D eigenvalue weighted by atomic mass is 79.9. The van der Waals surface area contributed by atoms with Crippen LogP contribution in [0.1, 0.15) is 44.2 Å². The predicted octanol–water partition coefficient (Wildman–Crippen LogP) is 2.56. The fourth-order valence-electron chi connectivity index (χ4n) is 1.81. The maximum absolute atomic E-state index is 12.1. The number of rotatable bonds is 6. The Kier molecular flexibility index (Phi) is 5.88. The number of nitrogens with zero attached hydrogens (tertiary/aromatic N) is 1. The molecule has 18 heavy (non-hydrogen) atoms. The lowest BCUT2D eigenvalue weighted by Gasteiger charge is -2.15. The molecule has 0 spiro atoms. The lowest BCUT2D eigenvalue weighted by molar-refractivity contribution is 0.0939. The molecule has 102 valence electrons. The quantitative estimate of drug-likeness (QED) is 0.847. The fourth-order valence-corrected chi connectivity index (χ4v) is 2.25. The van der Waals surface area contributed by atoms with Crippen LogP contribution in [0.2, 0.25) is 0 Å². The molecule has 2 N–H and O–H groups in total. The van der Waals surface area contributed by atoms with Gasteiger partial charge in [-0.05, 0) is 49.3 Å². The van der Waals surface area contributed by atoms with Crippen LogP contribution < -0.4 is 10.6 Å². The topological polar surface area (TPSA) is 46.1 Å². The molecule has 0 radical (unpaired) electrons. The molecule has 0 unspecified atom stereocenters. The maximum Gasteiger partial charge on any atom is 0.268 e. The zero-order chi connectivity index (χ0) is 13.7. The largest absolute Gasteiger partial charge is 0.349 e. The molecule has 1 amide bonds. The molecule has 0 saturated heterocycles. The minimum atomic E-state index is -0.0286. The van der Waals surface area contributed by atoms with Crippen molar-refractivity contribution in [2.24, 2.45) is 0 Å². The van der Waals surface area contributed by atoms with E-state index in [1.807, 2.05) is 16.8 Å². The molecule has 1 aromatic heterocycles. The minimum Gasteiger partial charge on any atom is -0.349 e. The van der Waals surface area contributed by atoms with Crippen LogP contribution in [0.5, 0.6) is 0 Å². The number of amides is 1. The Morgan fingerprint density at radius 3 is 2.67 bits per heavy atom. The van der Waals surface area contributed by atoms with Gasteiger partial charge in [0, 0.05) is 29.3 Å². The van der Waals surface area contributed by atoms with Gasteiger partial charge in [-0.2, -0.15) is 0 Å². The number of halogens is 1. The summed E-state index contributed by atoms with van der Waals surface area (Å²) in [6.45, 7) is 9.77. The van der Waals surface area contributed by atoms with Crippen LogP contribution in [0.4, 0.5) is 0 Å². The fraction of sp³-hybridized carbons (Fsp3) is 0.615. The highest BCUT2D eigenvalue weighted by molar-refractivity contribution is 9.10. The molecule has 0 saturated carbocycles. The van der Waals surface area contributed by atoms with Gasteiger partial charge in [0.05, 0.1) is 0 Å². The first-order valence-electron chi connectivity index (χ1n) is 6.34. The summed E-state index contributed by atoms with van der Waals surface area (Å²) in [5, 5.41) is 6.21. The van der Waals surface area contributed by atoms with Crippen LogP contribution in [-0.4, -0.2) is 29.6 Å². The van der Waals surface area contributed by atoms with Gasteiger partial charge in [0.2, 0.25) is 0 Å². The van der Waals surface area contributed by atoms with Crippen LogP contribution >= 0.6 is 15.9 Å². The van der Waals surface area contributed by atoms with Gasteiger partial charge in [0.1, 0.15) is 5.69 Å². The van der Waals surface area contributed by atoms with Crippen molar-refractivity contribution < 1.29 is 4.79 Å². The third-order valence-corrected chi connectivity index (χ3v) is 3.16. The van der Waals surface area contributed by atoms with Gasteiger partial charge in [-0.15, -0.1) is 0 Å². The van der Waals surface area contributed by atoms with Crippen molar-refractivity contribution in [3.63, 3.8) is 0 Å². The molecule has 0 aromatic carbocycles. The molecule has 0 fully saturated rings. The summed E-state index contributed by atoms with van der Waals surface area (Å²) in [6.07, 6.45) is 1.94. The number of aromatic nitrogens is 1. The van der Waals surface area contributed by atoms with E-state index in [2.05, 4.69) is 54.3 Å². The molecule has 1 heterocycles. The summed E-state index contributed by atoms with van der Waals surface area (Å²) in [6, 6.07) is 2.40. The number of carbonyl (C=O) groups excluding carboxylic acids is 1. The zero-order valence-electron chi connectivity index (χ0n) is 11.5. The Balaban J connectivity index is 2.66.